The predicted octanol–water partition coefficient (Wildman–Crippen LogP) is 2.06. The first-order valence-corrected chi connectivity index (χ1v) is 8.39. The van der Waals surface area contributed by atoms with E-state index in [1.165, 1.54) is 0 Å². The molecule has 3 rings (SSSR count). The minimum absolute atomic E-state index is 0.0439. The molecule has 1 fully saturated rings. The molecule has 0 aliphatic carbocycles. The van der Waals surface area contributed by atoms with Crippen molar-refractivity contribution in [1.29, 1.82) is 0 Å². The van der Waals surface area contributed by atoms with E-state index in [0.717, 1.165) is 11.1 Å². The topological polar surface area (TPSA) is 69.6 Å². The average Bonchev–Trinajstić information content (AvgIpc) is 2.96. The first-order valence-electron chi connectivity index (χ1n) is 8.39. The van der Waals surface area contributed by atoms with E-state index in [-0.39, 0.29) is 30.8 Å². The van der Waals surface area contributed by atoms with Crippen molar-refractivity contribution in [2.24, 2.45) is 5.92 Å². The third-order valence-corrected chi connectivity index (χ3v) is 4.72. The Morgan fingerprint density at radius 3 is 2.40 bits per heavy atom. The highest BCUT2D eigenvalue weighted by Gasteiger charge is 2.42. The molecule has 0 bridgehead atoms. The highest BCUT2D eigenvalue weighted by Crippen LogP contribution is 2.37. The monoisotopic (exact) mass is 338 g/mol. The number of aliphatic hydroxyl groups is 1. The van der Waals surface area contributed by atoms with Crippen LogP contribution in [0.1, 0.15) is 29.7 Å². The third-order valence-electron chi connectivity index (χ3n) is 4.72. The average molecular weight is 338 g/mol. The second-order valence-electron chi connectivity index (χ2n) is 6.34. The number of benzene rings is 2. The minimum Gasteiger partial charge on any atom is -0.387 e. The van der Waals surface area contributed by atoms with Gasteiger partial charge in [0.1, 0.15) is 0 Å². The number of amides is 2. The Morgan fingerprint density at radius 1 is 1.16 bits per heavy atom. The number of aliphatic hydroxyl groups excluding tert-OH is 1. The molecule has 1 aliphatic rings. The van der Waals surface area contributed by atoms with Crippen LogP contribution in [0.15, 0.2) is 60.7 Å². The minimum atomic E-state index is -0.768. The molecule has 2 N–H and O–H groups in total. The van der Waals surface area contributed by atoms with Gasteiger partial charge in [-0.1, -0.05) is 60.7 Å². The molecule has 0 aromatic heterocycles. The van der Waals surface area contributed by atoms with Crippen LogP contribution in [0.2, 0.25) is 0 Å². The molecule has 2 amide bonds. The third kappa shape index (κ3) is 3.72. The zero-order valence-corrected chi connectivity index (χ0v) is 14.1. The largest absolute Gasteiger partial charge is 0.387 e. The van der Waals surface area contributed by atoms with Gasteiger partial charge >= 0.3 is 0 Å². The summed E-state index contributed by atoms with van der Waals surface area (Å²) in [5.41, 5.74) is 1.70. The SMILES string of the molecule is CN1C(=O)C[C@@H](C(=O)NC[C@@H](O)c2ccccc2)[C@H]1c1ccccc1. The van der Waals surface area contributed by atoms with Crippen molar-refractivity contribution in [1.82, 2.24) is 10.2 Å². The standard InChI is InChI=1S/C20H22N2O3/c1-22-18(24)12-16(19(22)15-10-6-3-7-11-15)20(25)21-13-17(23)14-8-4-2-5-9-14/h2-11,16-17,19,23H,12-13H2,1H3,(H,21,25)/t16-,17-,19-/m1/s1. The molecule has 1 saturated heterocycles. The van der Waals surface area contributed by atoms with E-state index in [4.69, 9.17) is 0 Å². The maximum atomic E-state index is 12.7. The Morgan fingerprint density at radius 2 is 1.76 bits per heavy atom. The molecule has 2 aromatic rings. The van der Waals surface area contributed by atoms with Gasteiger partial charge in [0.2, 0.25) is 11.8 Å². The van der Waals surface area contributed by atoms with E-state index in [9.17, 15) is 14.7 Å². The lowest BCUT2D eigenvalue weighted by Crippen LogP contribution is -2.36. The molecule has 5 nitrogen and oxygen atoms in total. The molecular weight excluding hydrogens is 316 g/mol. The van der Waals surface area contributed by atoms with Crippen LogP contribution in [-0.2, 0) is 9.59 Å². The highest BCUT2D eigenvalue weighted by atomic mass is 16.3. The van der Waals surface area contributed by atoms with Gasteiger partial charge < -0.3 is 15.3 Å². The summed E-state index contributed by atoms with van der Waals surface area (Å²) in [5, 5.41) is 13.0. The fourth-order valence-electron chi connectivity index (χ4n) is 3.33. The summed E-state index contributed by atoms with van der Waals surface area (Å²) in [5.74, 6) is -0.706. The van der Waals surface area contributed by atoms with E-state index in [1.54, 1.807) is 11.9 Å². The molecule has 3 atom stereocenters. The van der Waals surface area contributed by atoms with Crippen molar-refractivity contribution in [2.75, 3.05) is 13.6 Å². The van der Waals surface area contributed by atoms with Crippen LogP contribution < -0.4 is 5.32 Å². The molecule has 0 radical (unpaired) electrons. The summed E-state index contributed by atoms with van der Waals surface area (Å²) in [7, 11) is 1.73. The summed E-state index contributed by atoms with van der Waals surface area (Å²) in [4.78, 5) is 26.4. The number of hydrogen-bond donors (Lipinski definition) is 2. The number of nitrogens with one attached hydrogen (secondary N) is 1. The van der Waals surface area contributed by atoms with E-state index in [0.29, 0.717) is 0 Å². The Labute approximate surface area is 147 Å². The Balaban J connectivity index is 1.69. The number of hydrogen-bond acceptors (Lipinski definition) is 3. The summed E-state index contributed by atoms with van der Waals surface area (Å²) in [6.45, 7) is 0.124. The molecule has 0 saturated carbocycles. The van der Waals surface area contributed by atoms with Crippen molar-refractivity contribution in [3.05, 3.63) is 71.8 Å². The number of nitrogens with zero attached hydrogens (tertiary/aromatic N) is 1. The van der Waals surface area contributed by atoms with Gasteiger partial charge in [-0.15, -0.1) is 0 Å². The summed E-state index contributed by atoms with van der Waals surface area (Å²) < 4.78 is 0. The Hall–Kier alpha value is -2.66. The van der Waals surface area contributed by atoms with Crippen molar-refractivity contribution in [3.63, 3.8) is 0 Å². The van der Waals surface area contributed by atoms with Crippen molar-refractivity contribution >= 4 is 11.8 Å². The van der Waals surface area contributed by atoms with E-state index in [2.05, 4.69) is 5.32 Å². The van der Waals surface area contributed by atoms with Gasteiger partial charge in [-0.25, -0.2) is 0 Å². The number of carbonyl (C=O) groups is 2. The molecule has 0 spiro atoms. The molecule has 25 heavy (non-hydrogen) atoms. The van der Waals surface area contributed by atoms with Crippen molar-refractivity contribution in [3.8, 4) is 0 Å². The lowest BCUT2D eigenvalue weighted by atomic mass is 9.93. The zero-order chi connectivity index (χ0) is 17.8. The van der Waals surface area contributed by atoms with Gasteiger partial charge in [0, 0.05) is 20.0 Å². The lowest BCUT2D eigenvalue weighted by molar-refractivity contribution is -0.128. The van der Waals surface area contributed by atoms with E-state index in [1.807, 2.05) is 60.7 Å². The smallest absolute Gasteiger partial charge is 0.226 e. The Kier molecular flexibility index (Phi) is 5.14. The first-order chi connectivity index (χ1) is 12.1. The molecule has 2 aromatic carbocycles. The molecule has 130 valence electrons. The predicted molar refractivity (Wildman–Crippen MR) is 94.5 cm³/mol. The zero-order valence-electron chi connectivity index (χ0n) is 14.1. The maximum Gasteiger partial charge on any atom is 0.226 e. The van der Waals surface area contributed by atoms with Gasteiger partial charge in [0.05, 0.1) is 18.1 Å². The molecule has 0 unspecified atom stereocenters. The normalized spacial score (nSPS) is 21.2. The Bertz CT molecular complexity index is 733. The van der Waals surface area contributed by atoms with Gasteiger partial charge in [-0.05, 0) is 11.1 Å². The highest BCUT2D eigenvalue weighted by molar-refractivity contribution is 5.90. The maximum absolute atomic E-state index is 12.7. The van der Waals surface area contributed by atoms with Gasteiger partial charge in [0.15, 0.2) is 0 Å². The number of rotatable bonds is 5. The lowest BCUT2D eigenvalue weighted by Gasteiger charge is -2.25. The van der Waals surface area contributed by atoms with Gasteiger partial charge in [-0.3, -0.25) is 9.59 Å². The fourth-order valence-corrected chi connectivity index (χ4v) is 3.33. The second-order valence-corrected chi connectivity index (χ2v) is 6.34. The second kappa shape index (κ2) is 7.49. The quantitative estimate of drug-likeness (QED) is 0.877. The molecular formula is C20H22N2O3. The molecule has 5 heteroatoms. The summed E-state index contributed by atoms with van der Waals surface area (Å²) in [6.07, 6.45) is -0.585. The van der Waals surface area contributed by atoms with Crippen LogP contribution in [0.3, 0.4) is 0 Å². The van der Waals surface area contributed by atoms with Crippen LogP contribution in [0.4, 0.5) is 0 Å². The van der Waals surface area contributed by atoms with Gasteiger partial charge in [0.25, 0.3) is 0 Å². The van der Waals surface area contributed by atoms with Crippen LogP contribution in [0.5, 0.6) is 0 Å². The number of likely N-dealkylation sites (tertiary alicyclic amines) is 1. The van der Waals surface area contributed by atoms with Crippen molar-refractivity contribution in [2.45, 2.75) is 18.6 Å². The van der Waals surface area contributed by atoms with E-state index >= 15 is 0 Å². The van der Waals surface area contributed by atoms with E-state index < -0.39 is 12.0 Å². The van der Waals surface area contributed by atoms with Crippen molar-refractivity contribution < 1.29 is 14.7 Å². The van der Waals surface area contributed by atoms with Crippen LogP contribution >= 0.6 is 0 Å². The summed E-state index contributed by atoms with van der Waals surface area (Å²) in [6, 6.07) is 18.5. The van der Waals surface area contributed by atoms with Crippen LogP contribution in [0.25, 0.3) is 0 Å². The molecule has 1 aliphatic heterocycles. The first kappa shape index (κ1) is 17.2. The molecule has 1 heterocycles. The fraction of sp³-hybridized carbons (Fsp3) is 0.300. The number of carbonyl (C=O) groups excluding carboxylic acids is 2. The van der Waals surface area contributed by atoms with Gasteiger partial charge in [-0.2, -0.15) is 0 Å². The van der Waals surface area contributed by atoms with Crippen LogP contribution in [-0.4, -0.2) is 35.4 Å². The summed E-state index contributed by atoms with van der Waals surface area (Å²) >= 11 is 0. The van der Waals surface area contributed by atoms with Crippen LogP contribution in [0, 0.1) is 5.92 Å².